The quantitative estimate of drug-likeness (QED) is 0.146. The van der Waals surface area contributed by atoms with Crippen LogP contribution >= 0.6 is 0 Å². The second-order valence-electron chi connectivity index (χ2n) is 20.6. The third-order valence-corrected chi connectivity index (χ3v) is 13.8. The molecule has 4 saturated heterocycles. The summed E-state index contributed by atoms with van der Waals surface area (Å²) in [7, 11) is 2.51. The van der Waals surface area contributed by atoms with Crippen molar-refractivity contribution in [1.82, 2.24) is 20.4 Å². The number of alkyl carbamates (subject to hydrolysis) is 2. The van der Waals surface area contributed by atoms with Crippen molar-refractivity contribution < 1.29 is 43.0 Å². The van der Waals surface area contributed by atoms with E-state index >= 15 is 0 Å². The Hall–Kier alpha value is -6.36. The van der Waals surface area contributed by atoms with Gasteiger partial charge in [-0.25, -0.2) is 9.59 Å². The van der Waals surface area contributed by atoms with Gasteiger partial charge in [-0.15, -0.1) is 0 Å². The first kappa shape index (κ1) is 50.5. The number of hydrogen-bond donors (Lipinski definition) is 4. The summed E-state index contributed by atoms with van der Waals surface area (Å²) in [5.74, 6) is -1.20. The molecule has 0 aromatic heterocycles. The van der Waals surface area contributed by atoms with E-state index in [0.717, 1.165) is 48.4 Å². The van der Waals surface area contributed by atoms with Crippen LogP contribution in [0.15, 0.2) is 72.8 Å². The van der Waals surface area contributed by atoms with Crippen molar-refractivity contribution in [2.45, 2.75) is 116 Å². The van der Waals surface area contributed by atoms with Crippen molar-refractivity contribution in [3.05, 3.63) is 83.9 Å². The Bertz CT molecular complexity index is 2170. The van der Waals surface area contributed by atoms with E-state index in [0.29, 0.717) is 63.4 Å². The summed E-state index contributed by atoms with van der Waals surface area (Å²) < 4.78 is 15.2. The van der Waals surface area contributed by atoms with E-state index in [4.69, 9.17) is 14.2 Å². The van der Waals surface area contributed by atoms with Crippen LogP contribution in [0.3, 0.4) is 0 Å². The van der Waals surface area contributed by atoms with Crippen LogP contribution in [0.25, 0.3) is 0 Å². The number of likely N-dealkylation sites (tertiary alicyclic amines) is 2. The molecule has 4 aliphatic rings. The number of methoxy groups -OCH3 is 2. The standard InChI is InChI=1S/C52H70N8O9/c1-51(2,3)43(55-49(65)67-7)47(63)58-27-9-11-41(58)45(61)53-35-17-13-33(14-18-35)39-25-26-40(60(39)38-23-21-37(22-24-38)57-29-31-69-32-30-57)34-15-19-36(20-16-34)54-46(62)42-12-10-28-59(42)48(64)44(52(4,5)6)56-50(66)68-8/h13-24,39-44H,9-12,25-32H2,1-8H3,(H,53,61)(H,54,62)(H,55,65)(H,56,66)/t39-,40-,41+,42+,43-,44-/m1/s1. The zero-order chi connectivity index (χ0) is 49.6. The minimum absolute atomic E-state index is 0.00411. The molecule has 3 aromatic rings. The number of amides is 6. The summed E-state index contributed by atoms with van der Waals surface area (Å²) in [6.45, 7) is 15.0. The first-order valence-electron chi connectivity index (χ1n) is 24.2. The molecule has 0 unspecified atom stereocenters. The molecule has 3 aromatic carbocycles. The highest BCUT2D eigenvalue weighted by molar-refractivity contribution is 6.00. The molecule has 4 fully saturated rings. The fraction of sp³-hybridized carbons (Fsp3) is 0.538. The van der Waals surface area contributed by atoms with Crippen LogP contribution in [-0.4, -0.2) is 123 Å². The van der Waals surface area contributed by atoms with Crippen molar-refractivity contribution in [3.8, 4) is 0 Å². The van der Waals surface area contributed by atoms with Gasteiger partial charge < -0.3 is 55.1 Å². The van der Waals surface area contributed by atoms with Crippen molar-refractivity contribution in [2.75, 3.05) is 74.0 Å². The normalized spacial score (nSPS) is 21.6. The largest absolute Gasteiger partial charge is 0.453 e. The Kier molecular flexibility index (Phi) is 15.8. The topological polar surface area (TPSA) is 191 Å². The molecule has 4 N–H and O–H groups in total. The molecule has 6 amide bonds. The average Bonchev–Trinajstić information content (AvgIpc) is 4.13. The van der Waals surface area contributed by atoms with Gasteiger partial charge in [0, 0.05) is 48.9 Å². The van der Waals surface area contributed by atoms with E-state index in [1.54, 1.807) is 9.80 Å². The smallest absolute Gasteiger partial charge is 0.407 e. The lowest BCUT2D eigenvalue weighted by molar-refractivity contribution is -0.140. The monoisotopic (exact) mass is 951 g/mol. The third kappa shape index (κ3) is 11.7. The summed E-state index contributed by atoms with van der Waals surface area (Å²) in [5, 5.41) is 11.5. The molecule has 17 heteroatoms. The van der Waals surface area contributed by atoms with Crippen molar-refractivity contribution in [2.24, 2.45) is 10.8 Å². The van der Waals surface area contributed by atoms with E-state index in [1.165, 1.54) is 14.2 Å². The lowest BCUT2D eigenvalue weighted by Crippen LogP contribution is -2.57. The molecule has 4 aliphatic heterocycles. The molecule has 0 aliphatic carbocycles. The van der Waals surface area contributed by atoms with Gasteiger partial charge in [0.25, 0.3) is 0 Å². The summed E-state index contributed by atoms with van der Waals surface area (Å²) >= 11 is 0. The van der Waals surface area contributed by atoms with Crippen LogP contribution in [0.5, 0.6) is 0 Å². The second kappa shape index (κ2) is 21.5. The van der Waals surface area contributed by atoms with Crippen molar-refractivity contribution >= 4 is 58.6 Å². The summed E-state index contributed by atoms with van der Waals surface area (Å²) in [6, 6.07) is 21.4. The van der Waals surface area contributed by atoms with Gasteiger partial charge in [0.2, 0.25) is 23.6 Å². The molecule has 7 rings (SSSR count). The molecular formula is C52H70N8O9. The molecule has 4 heterocycles. The van der Waals surface area contributed by atoms with Crippen LogP contribution in [0, 0.1) is 10.8 Å². The highest BCUT2D eigenvalue weighted by atomic mass is 16.5. The Balaban J connectivity index is 1.07. The number of carbonyl (C=O) groups is 6. The second-order valence-corrected chi connectivity index (χ2v) is 20.6. The molecule has 17 nitrogen and oxygen atoms in total. The number of anilines is 4. The highest BCUT2D eigenvalue weighted by Gasteiger charge is 2.44. The lowest BCUT2D eigenvalue weighted by Gasteiger charge is -2.35. The number of benzene rings is 3. The Morgan fingerprint density at radius 1 is 0.551 bits per heavy atom. The first-order chi connectivity index (χ1) is 32.9. The summed E-state index contributed by atoms with van der Waals surface area (Å²) in [6.07, 6.45) is 2.67. The predicted molar refractivity (Wildman–Crippen MR) is 264 cm³/mol. The molecule has 0 radical (unpaired) electrons. The lowest BCUT2D eigenvalue weighted by atomic mass is 9.85. The number of rotatable bonds is 12. The Morgan fingerprint density at radius 2 is 0.942 bits per heavy atom. The van der Waals surface area contributed by atoms with Gasteiger partial charge in [-0.05, 0) is 109 Å². The Morgan fingerprint density at radius 3 is 1.32 bits per heavy atom. The summed E-state index contributed by atoms with van der Waals surface area (Å²) in [5.41, 5.74) is 4.39. The van der Waals surface area contributed by atoms with Gasteiger partial charge in [-0.3, -0.25) is 19.2 Å². The predicted octanol–water partition coefficient (Wildman–Crippen LogP) is 7.01. The maximum atomic E-state index is 13.8. The molecule has 372 valence electrons. The molecule has 0 spiro atoms. The number of hydrogen-bond acceptors (Lipinski definition) is 11. The number of nitrogens with one attached hydrogen (secondary N) is 4. The van der Waals surface area contributed by atoms with Crippen LogP contribution in [0.1, 0.15) is 103 Å². The van der Waals surface area contributed by atoms with Gasteiger partial charge in [0.05, 0.1) is 39.5 Å². The van der Waals surface area contributed by atoms with Gasteiger partial charge >= 0.3 is 12.2 Å². The molecule has 69 heavy (non-hydrogen) atoms. The number of nitrogens with zero attached hydrogens (tertiary/aromatic N) is 4. The number of morpholine rings is 1. The Labute approximate surface area is 405 Å². The molecule has 6 atom stereocenters. The van der Waals surface area contributed by atoms with Crippen molar-refractivity contribution in [3.63, 3.8) is 0 Å². The number of carbonyl (C=O) groups excluding carboxylic acids is 6. The maximum absolute atomic E-state index is 13.8. The fourth-order valence-corrected chi connectivity index (χ4v) is 10.1. The van der Waals surface area contributed by atoms with Gasteiger partial charge in [-0.1, -0.05) is 65.8 Å². The third-order valence-electron chi connectivity index (χ3n) is 13.8. The van der Waals surface area contributed by atoms with E-state index < -0.39 is 47.2 Å². The minimum Gasteiger partial charge on any atom is -0.453 e. The van der Waals surface area contributed by atoms with Crippen LogP contribution in [0.4, 0.5) is 32.3 Å². The SMILES string of the molecule is COC(=O)N[C@H](C(=O)N1CCC[C@H]1C(=O)Nc1ccc([C@H]2CC[C@H](c3ccc(NC(=O)[C@@H]4CCCN4C(=O)[C@@H](NC(=O)OC)C(C)(C)C)cc3)N2c2ccc(N3CCOCC3)cc2)cc1)C(C)(C)C. The fourth-order valence-electron chi connectivity index (χ4n) is 10.1. The minimum atomic E-state index is -0.872. The van der Waals surface area contributed by atoms with Crippen molar-refractivity contribution in [1.29, 1.82) is 0 Å². The maximum Gasteiger partial charge on any atom is 0.407 e. The first-order valence-corrected chi connectivity index (χ1v) is 24.2. The van der Waals surface area contributed by atoms with Crippen LogP contribution < -0.4 is 31.1 Å². The number of ether oxygens (including phenoxy) is 3. The highest BCUT2D eigenvalue weighted by Crippen LogP contribution is 2.47. The van der Waals surface area contributed by atoms with E-state index in [-0.39, 0.29) is 35.7 Å². The molecule has 0 saturated carbocycles. The van der Waals surface area contributed by atoms with E-state index in [2.05, 4.69) is 79.6 Å². The van der Waals surface area contributed by atoms with Gasteiger partial charge in [0.15, 0.2) is 0 Å². The van der Waals surface area contributed by atoms with E-state index in [1.807, 2.05) is 65.8 Å². The summed E-state index contributed by atoms with van der Waals surface area (Å²) in [4.78, 5) is 87.5. The zero-order valence-electron chi connectivity index (χ0n) is 41.3. The zero-order valence-corrected chi connectivity index (χ0v) is 41.3. The average molecular weight is 951 g/mol. The van der Waals surface area contributed by atoms with Gasteiger partial charge in [0.1, 0.15) is 24.2 Å². The molecule has 0 bridgehead atoms. The van der Waals surface area contributed by atoms with Crippen LogP contribution in [-0.2, 0) is 33.4 Å². The van der Waals surface area contributed by atoms with Crippen LogP contribution in [0.2, 0.25) is 0 Å². The van der Waals surface area contributed by atoms with Gasteiger partial charge in [-0.2, -0.15) is 0 Å². The van der Waals surface area contributed by atoms with E-state index in [9.17, 15) is 28.8 Å². The molecular weight excluding hydrogens is 881 g/mol.